The Balaban J connectivity index is 1.79. The molecule has 3 unspecified atom stereocenters. The summed E-state index contributed by atoms with van der Waals surface area (Å²) in [4.78, 5) is 0. The summed E-state index contributed by atoms with van der Waals surface area (Å²) in [7, 11) is 0. The van der Waals surface area contributed by atoms with Crippen LogP contribution in [0, 0.1) is 11.3 Å². The minimum atomic E-state index is -0.366. The van der Waals surface area contributed by atoms with Gasteiger partial charge in [0.2, 0.25) is 0 Å². The highest BCUT2D eigenvalue weighted by atomic mass is 16.5. The molecule has 0 aromatic rings. The van der Waals surface area contributed by atoms with Crippen LogP contribution in [0.4, 0.5) is 0 Å². The third kappa shape index (κ3) is 4.17. The molecule has 2 aliphatic rings. The first-order valence-corrected chi connectivity index (χ1v) is 7.67. The molecule has 1 aliphatic heterocycles. The second-order valence-corrected chi connectivity index (χ2v) is 5.81. The van der Waals surface area contributed by atoms with Crippen molar-refractivity contribution >= 4 is 0 Å². The SMILES string of the molecule is CCCNC1(C#N)CCCC(OCC2CCCO2)C1. The Bertz CT molecular complexity index is 310. The predicted molar refractivity (Wildman–Crippen MR) is 73.8 cm³/mol. The summed E-state index contributed by atoms with van der Waals surface area (Å²) in [6, 6.07) is 2.49. The zero-order valence-corrected chi connectivity index (χ0v) is 12.0. The molecular weight excluding hydrogens is 240 g/mol. The Morgan fingerprint density at radius 1 is 1.42 bits per heavy atom. The normalized spacial score (nSPS) is 35.2. The summed E-state index contributed by atoms with van der Waals surface area (Å²) >= 11 is 0. The van der Waals surface area contributed by atoms with E-state index in [1.807, 2.05) is 0 Å². The lowest BCUT2D eigenvalue weighted by Crippen LogP contribution is -2.49. The van der Waals surface area contributed by atoms with Crippen LogP contribution in [0.15, 0.2) is 0 Å². The molecule has 108 valence electrons. The van der Waals surface area contributed by atoms with Crippen LogP contribution in [-0.2, 0) is 9.47 Å². The molecule has 4 nitrogen and oxygen atoms in total. The van der Waals surface area contributed by atoms with E-state index in [4.69, 9.17) is 9.47 Å². The molecule has 1 N–H and O–H groups in total. The lowest BCUT2D eigenvalue weighted by atomic mass is 9.81. The fourth-order valence-corrected chi connectivity index (χ4v) is 3.05. The highest BCUT2D eigenvalue weighted by Crippen LogP contribution is 2.30. The van der Waals surface area contributed by atoms with Crippen LogP contribution in [0.3, 0.4) is 0 Å². The molecule has 4 heteroatoms. The standard InChI is InChI=1S/C15H26N2O2/c1-2-8-17-15(12-16)7-3-5-13(10-15)19-11-14-6-4-9-18-14/h13-14,17H,2-11H2,1H3. The topological polar surface area (TPSA) is 54.3 Å². The molecule has 0 amide bonds. The molecule has 0 aromatic carbocycles. The Morgan fingerprint density at radius 3 is 3.00 bits per heavy atom. The minimum Gasteiger partial charge on any atom is -0.376 e. The van der Waals surface area contributed by atoms with Crippen LogP contribution in [0.5, 0.6) is 0 Å². The molecule has 2 rings (SSSR count). The first-order valence-electron chi connectivity index (χ1n) is 7.67. The quantitative estimate of drug-likeness (QED) is 0.802. The fraction of sp³-hybridized carbons (Fsp3) is 0.933. The van der Waals surface area contributed by atoms with Gasteiger partial charge in [-0.2, -0.15) is 5.26 Å². The van der Waals surface area contributed by atoms with Gasteiger partial charge in [-0.15, -0.1) is 0 Å². The van der Waals surface area contributed by atoms with Crippen molar-refractivity contribution in [1.82, 2.24) is 5.32 Å². The zero-order chi connectivity index (χ0) is 13.6. The molecule has 1 saturated heterocycles. The number of nitriles is 1. The van der Waals surface area contributed by atoms with Crippen LogP contribution in [0.2, 0.25) is 0 Å². The van der Waals surface area contributed by atoms with Crippen LogP contribution in [0.1, 0.15) is 51.9 Å². The summed E-state index contributed by atoms with van der Waals surface area (Å²) in [6.45, 7) is 4.61. The molecule has 0 bridgehead atoms. The van der Waals surface area contributed by atoms with Gasteiger partial charge in [-0.1, -0.05) is 6.92 Å². The first-order chi connectivity index (χ1) is 9.28. The van der Waals surface area contributed by atoms with Gasteiger partial charge in [-0.25, -0.2) is 0 Å². The maximum Gasteiger partial charge on any atom is 0.109 e. The van der Waals surface area contributed by atoms with Crippen molar-refractivity contribution < 1.29 is 9.47 Å². The average Bonchev–Trinajstić information content (AvgIpc) is 2.97. The van der Waals surface area contributed by atoms with Crippen LogP contribution in [-0.4, -0.2) is 37.5 Å². The molecule has 1 saturated carbocycles. The Kier molecular flexibility index (Phi) is 5.62. The Hall–Kier alpha value is -0.630. The van der Waals surface area contributed by atoms with Crippen LogP contribution in [0.25, 0.3) is 0 Å². The summed E-state index contributed by atoms with van der Waals surface area (Å²) in [5.41, 5.74) is -0.366. The summed E-state index contributed by atoms with van der Waals surface area (Å²) < 4.78 is 11.6. The van der Waals surface area contributed by atoms with Gasteiger partial charge in [-0.05, 0) is 45.1 Å². The average molecular weight is 266 g/mol. The maximum atomic E-state index is 9.47. The van der Waals surface area contributed by atoms with E-state index in [2.05, 4.69) is 18.3 Å². The van der Waals surface area contributed by atoms with E-state index in [0.717, 1.165) is 58.1 Å². The third-order valence-corrected chi connectivity index (χ3v) is 4.17. The molecule has 3 atom stereocenters. The molecule has 1 heterocycles. The van der Waals surface area contributed by atoms with Gasteiger partial charge >= 0.3 is 0 Å². The van der Waals surface area contributed by atoms with Crippen LogP contribution < -0.4 is 5.32 Å². The second kappa shape index (κ2) is 7.23. The fourth-order valence-electron chi connectivity index (χ4n) is 3.05. The number of hydrogen-bond donors (Lipinski definition) is 1. The van der Waals surface area contributed by atoms with E-state index in [9.17, 15) is 5.26 Å². The molecule has 0 radical (unpaired) electrons. The van der Waals surface area contributed by atoms with E-state index in [0.29, 0.717) is 6.61 Å². The van der Waals surface area contributed by atoms with Gasteiger partial charge in [0.1, 0.15) is 5.54 Å². The monoisotopic (exact) mass is 266 g/mol. The van der Waals surface area contributed by atoms with Gasteiger partial charge < -0.3 is 9.47 Å². The Morgan fingerprint density at radius 2 is 2.32 bits per heavy atom. The van der Waals surface area contributed by atoms with Crippen molar-refractivity contribution in [2.75, 3.05) is 19.8 Å². The number of ether oxygens (including phenoxy) is 2. The van der Waals surface area contributed by atoms with Gasteiger partial charge in [0, 0.05) is 13.0 Å². The third-order valence-electron chi connectivity index (χ3n) is 4.17. The molecule has 0 aromatic heterocycles. The van der Waals surface area contributed by atoms with E-state index in [1.54, 1.807) is 0 Å². The van der Waals surface area contributed by atoms with Crippen molar-refractivity contribution in [2.45, 2.75) is 69.6 Å². The van der Waals surface area contributed by atoms with E-state index >= 15 is 0 Å². The number of nitrogens with one attached hydrogen (secondary N) is 1. The van der Waals surface area contributed by atoms with Crippen molar-refractivity contribution in [3.8, 4) is 6.07 Å². The molecule has 1 aliphatic carbocycles. The van der Waals surface area contributed by atoms with Crippen molar-refractivity contribution in [3.05, 3.63) is 0 Å². The number of rotatable bonds is 6. The minimum absolute atomic E-state index is 0.210. The number of nitrogens with zero attached hydrogens (tertiary/aromatic N) is 1. The molecule has 2 fully saturated rings. The Labute approximate surface area is 116 Å². The first kappa shape index (κ1) is 14.8. The largest absolute Gasteiger partial charge is 0.376 e. The summed E-state index contributed by atoms with van der Waals surface area (Å²) in [5, 5.41) is 12.9. The van der Waals surface area contributed by atoms with Crippen molar-refractivity contribution in [2.24, 2.45) is 0 Å². The highest BCUT2D eigenvalue weighted by Gasteiger charge is 2.36. The van der Waals surface area contributed by atoms with E-state index < -0.39 is 0 Å². The highest BCUT2D eigenvalue weighted by molar-refractivity contribution is 5.10. The lowest BCUT2D eigenvalue weighted by Gasteiger charge is -2.36. The molecular formula is C15H26N2O2. The van der Waals surface area contributed by atoms with Gasteiger partial charge in [-0.3, -0.25) is 5.32 Å². The van der Waals surface area contributed by atoms with Crippen molar-refractivity contribution in [1.29, 1.82) is 5.26 Å². The van der Waals surface area contributed by atoms with Crippen LogP contribution >= 0.6 is 0 Å². The number of hydrogen-bond acceptors (Lipinski definition) is 4. The predicted octanol–water partition coefficient (Wildman–Crippen LogP) is 2.39. The maximum absolute atomic E-state index is 9.47. The second-order valence-electron chi connectivity index (χ2n) is 5.81. The van der Waals surface area contributed by atoms with Crippen molar-refractivity contribution in [3.63, 3.8) is 0 Å². The summed E-state index contributed by atoms with van der Waals surface area (Å²) in [6.07, 6.45) is 7.72. The molecule has 19 heavy (non-hydrogen) atoms. The molecule has 0 spiro atoms. The zero-order valence-electron chi connectivity index (χ0n) is 12.0. The lowest BCUT2D eigenvalue weighted by molar-refractivity contribution is -0.0420. The smallest absolute Gasteiger partial charge is 0.109 e. The summed E-state index contributed by atoms with van der Waals surface area (Å²) in [5.74, 6) is 0. The van der Waals surface area contributed by atoms with E-state index in [-0.39, 0.29) is 17.7 Å². The van der Waals surface area contributed by atoms with E-state index in [1.165, 1.54) is 0 Å². The van der Waals surface area contributed by atoms with Gasteiger partial charge in [0.25, 0.3) is 0 Å². The van der Waals surface area contributed by atoms with Gasteiger partial charge in [0.15, 0.2) is 0 Å². The van der Waals surface area contributed by atoms with Gasteiger partial charge in [0.05, 0.1) is 24.9 Å².